The van der Waals surface area contributed by atoms with E-state index in [4.69, 9.17) is 4.74 Å². The molecule has 0 aromatic carbocycles. The van der Waals surface area contributed by atoms with Crippen LogP contribution in [0, 0.1) is 0 Å². The molecule has 0 saturated carbocycles. The number of methoxy groups -OCH3 is 1. The Hall–Kier alpha value is -0.820. The van der Waals surface area contributed by atoms with E-state index in [2.05, 4.69) is 10.6 Å². The summed E-state index contributed by atoms with van der Waals surface area (Å²) in [4.78, 5) is 11.5. The van der Waals surface area contributed by atoms with Crippen LogP contribution in [-0.4, -0.2) is 44.4 Å². The van der Waals surface area contributed by atoms with Gasteiger partial charge in [0.05, 0.1) is 12.1 Å². The molecule has 0 aliphatic carbocycles. The van der Waals surface area contributed by atoms with Crippen molar-refractivity contribution in [2.75, 3.05) is 20.2 Å². The standard InChI is InChI=1S/C10H17F3N2O2/c1-17-7-5-8(15-6-7)9(16)14-4-2-3-10(11,12)13/h7-8,15H,2-6H2,1H3,(H,14,16). The Kier molecular flexibility index (Phi) is 5.20. The summed E-state index contributed by atoms with van der Waals surface area (Å²) in [5.41, 5.74) is 0. The zero-order valence-electron chi connectivity index (χ0n) is 9.64. The zero-order valence-corrected chi connectivity index (χ0v) is 9.64. The van der Waals surface area contributed by atoms with Crippen LogP contribution in [0.4, 0.5) is 13.2 Å². The van der Waals surface area contributed by atoms with Gasteiger partial charge < -0.3 is 15.4 Å². The van der Waals surface area contributed by atoms with Crippen molar-refractivity contribution in [3.8, 4) is 0 Å². The molecule has 1 fully saturated rings. The Morgan fingerprint density at radius 3 is 2.76 bits per heavy atom. The van der Waals surface area contributed by atoms with E-state index >= 15 is 0 Å². The summed E-state index contributed by atoms with van der Waals surface area (Å²) in [5, 5.41) is 5.44. The molecule has 7 heteroatoms. The third-order valence-electron chi connectivity index (χ3n) is 2.68. The molecule has 2 unspecified atom stereocenters. The zero-order chi connectivity index (χ0) is 12.9. The van der Waals surface area contributed by atoms with Crippen molar-refractivity contribution >= 4 is 5.91 Å². The first kappa shape index (κ1) is 14.2. The molecule has 17 heavy (non-hydrogen) atoms. The predicted molar refractivity (Wildman–Crippen MR) is 55.5 cm³/mol. The highest BCUT2D eigenvalue weighted by Crippen LogP contribution is 2.20. The highest BCUT2D eigenvalue weighted by molar-refractivity contribution is 5.82. The van der Waals surface area contributed by atoms with Crippen molar-refractivity contribution in [1.82, 2.24) is 10.6 Å². The molecule has 2 atom stereocenters. The van der Waals surface area contributed by atoms with E-state index in [0.29, 0.717) is 13.0 Å². The normalized spacial score (nSPS) is 24.9. The van der Waals surface area contributed by atoms with Crippen LogP contribution in [0.5, 0.6) is 0 Å². The lowest BCUT2D eigenvalue weighted by Gasteiger charge is -2.11. The Labute approximate surface area is 97.9 Å². The molecule has 0 bridgehead atoms. The van der Waals surface area contributed by atoms with E-state index in [1.807, 2.05) is 0 Å². The molecule has 1 aliphatic heterocycles. The van der Waals surface area contributed by atoms with Crippen LogP contribution in [0.15, 0.2) is 0 Å². The van der Waals surface area contributed by atoms with Crippen molar-refractivity contribution in [3.05, 3.63) is 0 Å². The highest BCUT2D eigenvalue weighted by atomic mass is 19.4. The molecule has 0 spiro atoms. The number of nitrogens with one attached hydrogen (secondary N) is 2. The summed E-state index contributed by atoms with van der Waals surface area (Å²) in [6.45, 7) is 0.644. The Morgan fingerprint density at radius 1 is 1.53 bits per heavy atom. The van der Waals surface area contributed by atoms with Crippen LogP contribution in [0.25, 0.3) is 0 Å². The molecule has 0 aromatic heterocycles. The number of carbonyl (C=O) groups is 1. The molecule has 1 aliphatic rings. The van der Waals surface area contributed by atoms with Crippen molar-refractivity contribution in [1.29, 1.82) is 0 Å². The van der Waals surface area contributed by atoms with Gasteiger partial charge in [0.25, 0.3) is 0 Å². The molecule has 1 rings (SSSR count). The second-order valence-corrected chi connectivity index (χ2v) is 4.06. The van der Waals surface area contributed by atoms with Gasteiger partial charge in [-0.3, -0.25) is 4.79 Å². The van der Waals surface area contributed by atoms with E-state index in [1.165, 1.54) is 0 Å². The Morgan fingerprint density at radius 2 is 2.24 bits per heavy atom. The number of rotatable bonds is 5. The van der Waals surface area contributed by atoms with E-state index in [1.54, 1.807) is 7.11 Å². The van der Waals surface area contributed by atoms with Crippen molar-refractivity contribution in [2.45, 2.75) is 37.6 Å². The van der Waals surface area contributed by atoms with Gasteiger partial charge in [0.15, 0.2) is 0 Å². The topological polar surface area (TPSA) is 50.4 Å². The molecule has 0 radical (unpaired) electrons. The van der Waals surface area contributed by atoms with Crippen LogP contribution in [0.2, 0.25) is 0 Å². The lowest BCUT2D eigenvalue weighted by atomic mass is 10.2. The number of amides is 1. The molecule has 0 aromatic rings. The molecule has 1 saturated heterocycles. The third kappa shape index (κ3) is 5.36. The largest absolute Gasteiger partial charge is 0.389 e. The van der Waals surface area contributed by atoms with Gasteiger partial charge in [0, 0.05) is 26.6 Å². The summed E-state index contributed by atoms with van der Waals surface area (Å²) >= 11 is 0. The van der Waals surface area contributed by atoms with Gasteiger partial charge in [-0.25, -0.2) is 0 Å². The van der Waals surface area contributed by atoms with Crippen molar-refractivity contribution < 1.29 is 22.7 Å². The van der Waals surface area contributed by atoms with Gasteiger partial charge in [-0.15, -0.1) is 0 Å². The number of hydrogen-bond donors (Lipinski definition) is 2. The van der Waals surface area contributed by atoms with Gasteiger partial charge in [0.1, 0.15) is 0 Å². The quantitative estimate of drug-likeness (QED) is 0.714. The number of carbonyl (C=O) groups excluding carboxylic acids is 1. The minimum absolute atomic E-state index is 0.000857. The second-order valence-electron chi connectivity index (χ2n) is 4.06. The average molecular weight is 254 g/mol. The third-order valence-corrected chi connectivity index (χ3v) is 2.68. The number of halogens is 3. The number of ether oxygens (including phenoxy) is 1. The fraction of sp³-hybridized carbons (Fsp3) is 0.900. The molecule has 4 nitrogen and oxygen atoms in total. The van der Waals surface area contributed by atoms with Crippen LogP contribution in [0.1, 0.15) is 19.3 Å². The first-order chi connectivity index (χ1) is 7.92. The SMILES string of the molecule is COC1CNC(C(=O)NCCCC(F)(F)F)C1. The van der Waals surface area contributed by atoms with Gasteiger partial charge in [-0.05, 0) is 12.8 Å². The lowest BCUT2D eigenvalue weighted by Crippen LogP contribution is -2.40. The monoisotopic (exact) mass is 254 g/mol. The molecule has 1 amide bonds. The maximum atomic E-state index is 11.8. The molecule has 1 heterocycles. The minimum atomic E-state index is -4.16. The smallest absolute Gasteiger partial charge is 0.380 e. The maximum absolute atomic E-state index is 11.8. The average Bonchev–Trinajstić information content (AvgIpc) is 2.71. The van der Waals surface area contributed by atoms with Gasteiger partial charge in [0.2, 0.25) is 5.91 Å². The van der Waals surface area contributed by atoms with Gasteiger partial charge >= 0.3 is 6.18 Å². The minimum Gasteiger partial charge on any atom is -0.380 e. The van der Waals surface area contributed by atoms with Crippen LogP contribution in [0.3, 0.4) is 0 Å². The predicted octanol–water partition coefficient (Wildman–Crippen LogP) is 0.822. The number of alkyl halides is 3. The van der Waals surface area contributed by atoms with E-state index in [0.717, 1.165) is 0 Å². The summed E-state index contributed by atoms with van der Waals surface area (Å²) in [6.07, 6.45) is -4.55. The van der Waals surface area contributed by atoms with E-state index in [-0.39, 0.29) is 31.0 Å². The summed E-state index contributed by atoms with van der Waals surface area (Å²) < 4.78 is 40.6. The maximum Gasteiger partial charge on any atom is 0.389 e. The van der Waals surface area contributed by atoms with E-state index < -0.39 is 12.6 Å². The summed E-state index contributed by atoms with van der Waals surface area (Å²) in [5.74, 6) is -0.258. The number of hydrogen-bond acceptors (Lipinski definition) is 3. The Balaban J connectivity index is 2.14. The lowest BCUT2D eigenvalue weighted by molar-refractivity contribution is -0.136. The summed E-state index contributed by atoms with van der Waals surface area (Å²) in [7, 11) is 1.57. The fourth-order valence-corrected chi connectivity index (χ4v) is 1.71. The molecule has 100 valence electrons. The molecule has 2 N–H and O–H groups in total. The Bertz CT molecular complexity index is 258. The van der Waals surface area contributed by atoms with Crippen molar-refractivity contribution in [3.63, 3.8) is 0 Å². The van der Waals surface area contributed by atoms with Crippen LogP contribution < -0.4 is 10.6 Å². The summed E-state index contributed by atoms with van der Waals surface area (Å²) in [6, 6.07) is -0.356. The molecular formula is C10H17F3N2O2. The van der Waals surface area contributed by atoms with Gasteiger partial charge in [-0.2, -0.15) is 13.2 Å². The first-order valence-corrected chi connectivity index (χ1v) is 5.53. The van der Waals surface area contributed by atoms with Crippen LogP contribution >= 0.6 is 0 Å². The van der Waals surface area contributed by atoms with Crippen LogP contribution in [-0.2, 0) is 9.53 Å². The first-order valence-electron chi connectivity index (χ1n) is 5.53. The second kappa shape index (κ2) is 6.20. The fourth-order valence-electron chi connectivity index (χ4n) is 1.71. The van der Waals surface area contributed by atoms with E-state index in [9.17, 15) is 18.0 Å². The molecular weight excluding hydrogens is 237 g/mol. The highest BCUT2D eigenvalue weighted by Gasteiger charge is 2.29. The van der Waals surface area contributed by atoms with Gasteiger partial charge in [-0.1, -0.05) is 0 Å². The van der Waals surface area contributed by atoms with Crippen molar-refractivity contribution in [2.24, 2.45) is 0 Å².